The van der Waals surface area contributed by atoms with Crippen LogP contribution in [0.3, 0.4) is 0 Å². The topological polar surface area (TPSA) is 78.5 Å². The van der Waals surface area contributed by atoms with E-state index in [-0.39, 0.29) is 6.54 Å². The number of nitrogens with one attached hydrogen (secondary N) is 2. The van der Waals surface area contributed by atoms with E-state index in [1.807, 2.05) is 5.32 Å². The van der Waals surface area contributed by atoms with Gasteiger partial charge in [-0.05, 0) is 23.8 Å². The molecule has 2 rings (SSSR count). The van der Waals surface area contributed by atoms with E-state index in [4.69, 9.17) is 0 Å². The minimum absolute atomic E-state index is 0.224. The first-order valence-corrected chi connectivity index (χ1v) is 5.40. The molecule has 0 saturated carbocycles. The van der Waals surface area contributed by atoms with Crippen LogP contribution in [0.25, 0.3) is 6.08 Å². The van der Waals surface area contributed by atoms with Gasteiger partial charge in [-0.25, -0.2) is 14.2 Å². The number of amides is 4. The number of carbonyl (C=O) groups is 3. The van der Waals surface area contributed by atoms with Crippen molar-refractivity contribution in [3.05, 3.63) is 41.7 Å². The lowest BCUT2D eigenvalue weighted by Gasteiger charge is -2.12. The zero-order valence-corrected chi connectivity index (χ0v) is 9.72. The molecule has 1 aromatic rings. The molecular formula is C12H10FN3O3. The molecule has 1 fully saturated rings. The van der Waals surface area contributed by atoms with Gasteiger partial charge in [0.15, 0.2) is 0 Å². The number of carbonyl (C=O) groups excluding carboxylic acids is 3. The molecule has 6 nitrogen and oxygen atoms in total. The van der Waals surface area contributed by atoms with Crippen LogP contribution in [0.5, 0.6) is 0 Å². The predicted molar refractivity (Wildman–Crippen MR) is 63.8 cm³/mol. The lowest BCUT2D eigenvalue weighted by molar-refractivity contribution is -0.121. The first kappa shape index (κ1) is 12.7. The summed E-state index contributed by atoms with van der Waals surface area (Å²) >= 11 is 0. The van der Waals surface area contributed by atoms with E-state index in [9.17, 15) is 18.8 Å². The molecule has 98 valence electrons. The van der Waals surface area contributed by atoms with E-state index < -0.39 is 23.7 Å². The third-order valence-corrected chi connectivity index (χ3v) is 2.31. The molecule has 0 bridgehead atoms. The third-order valence-electron chi connectivity index (χ3n) is 2.31. The molecule has 0 radical (unpaired) electrons. The van der Waals surface area contributed by atoms with Gasteiger partial charge in [0.25, 0.3) is 5.91 Å². The number of nitrogens with zero attached hydrogens (tertiary/aromatic N) is 1. The van der Waals surface area contributed by atoms with E-state index in [0.717, 1.165) is 11.1 Å². The standard InChI is InChI=1S/C12H10FN3O3/c13-9-3-1-2-8(6-9)4-5-10(17)15-16-7-11(18)14-12(16)19/h1-6H,7H2,(H,15,17)(H,14,18,19). The highest BCUT2D eigenvalue weighted by molar-refractivity contribution is 6.03. The Morgan fingerprint density at radius 3 is 2.84 bits per heavy atom. The second kappa shape index (κ2) is 5.30. The number of hydrazine groups is 1. The maximum atomic E-state index is 12.9. The molecule has 0 aliphatic carbocycles. The van der Waals surface area contributed by atoms with Gasteiger partial charge in [0.2, 0.25) is 5.91 Å². The molecule has 7 heteroatoms. The fourth-order valence-corrected chi connectivity index (χ4v) is 1.48. The minimum atomic E-state index is -0.683. The van der Waals surface area contributed by atoms with Crippen molar-refractivity contribution in [2.24, 2.45) is 0 Å². The Balaban J connectivity index is 1.94. The molecule has 1 aliphatic heterocycles. The van der Waals surface area contributed by atoms with Crippen LogP contribution in [0.1, 0.15) is 5.56 Å². The van der Waals surface area contributed by atoms with E-state index in [1.54, 1.807) is 6.07 Å². The summed E-state index contributed by atoms with van der Waals surface area (Å²) in [4.78, 5) is 33.5. The van der Waals surface area contributed by atoms with Crippen LogP contribution in [-0.4, -0.2) is 29.4 Å². The monoisotopic (exact) mass is 263 g/mol. The normalized spacial score (nSPS) is 14.9. The zero-order valence-electron chi connectivity index (χ0n) is 9.72. The number of hydrogen-bond acceptors (Lipinski definition) is 3. The number of halogens is 1. The first-order chi connectivity index (χ1) is 9.04. The van der Waals surface area contributed by atoms with Crippen molar-refractivity contribution >= 4 is 23.9 Å². The van der Waals surface area contributed by atoms with Gasteiger partial charge in [-0.15, -0.1) is 0 Å². The minimum Gasteiger partial charge on any atom is -0.275 e. The van der Waals surface area contributed by atoms with Crippen LogP contribution in [0.2, 0.25) is 0 Å². The fourth-order valence-electron chi connectivity index (χ4n) is 1.48. The molecule has 2 N–H and O–H groups in total. The van der Waals surface area contributed by atoms with Crippen molar-refractivity contribution in [1.29, 1.82) is 0 Å². The highest BCUT2D eigenvalue weighted by Gasteiger charge is 2.27. The molecule has 1 saturated heterocycles. The van der Waals surface area contributed by atoms with Crippen molar-refractivity contribution in [2.45, 2.75) is 0 Å². The Morgan fingerprint density at radius 2 is 2.21 bits per heavy atom. The number of imide groups is 1. The summed E-state index contributed by atoms with van der Waals surface area (Å²) in [6, 6.07) is 5.00. The summed E-state index contributed by atoms with van der Waals surface area (Å²) in [7, 11) is 0. The molecule has 1 heterocycles. The molecule has 0 atom stereocenters. The van der Waals surface area contributed by atoms with Gasteiger partial charge in [0.05, 0.1) is 0 Å². The molecule has 1 aliphatic rings. The van der Waals surface area contributed by atoms with Gasteiger partial charge in [0.1, 0.15) is 12.4 Å². The Bertz CT molecular complexity index is 571. The summed E-state index contributed by atoms with van der Waals surface area (Å²) < 4.78 is 12.9. The quantitative estimate of drug-likeness (QED) is 0.613. The van der Waals surface area contributed by atoms with Gasteiger partial charge in [-0.3, -0.25) is 20.3 Å². The van der Waals surface area contributed by atoms with Crippen molar-refractivity contribution in [2.75, 3.05) is 6.54 Å². The molecule has 4 amide bonds. The van der Waals surface area contributed by atoms with Crippen LogP contribution in [-0.2, 0) is 9.59 Å². The second-order valence-corrected chi connectivity index (χ2v) is 3.80. The summed E-state index contributed by atoms with van der Waals surface area (Å²) in [5.41, 5.74) is 2.74. The third kappa shape index (κ3) is 3.38. The van der Waals surface area contributed by atoms with Crippen LogP contribution in [0.15, 0.2) is 30.3 Å². The molecule has 0 aromatic heterocycles. The van der Waals surface area contributed by atoms with E-state index in [0.29, 0.717) is 5.56 Å². The van der Waals surface area contributed by atoms with E-state index >= 15 is 0 Å². The number of urea groups is 1. The first-order valence-electron chi connectivity index (χ1n) is 5.40. The Labute approximate surface area is 107 Å². The Hall–Kier alpha value is -2.70. The second-order valence-electron chi connectivity index (χ2n) is 3.80. The summed E-state index contributed by atoms with van der Waals surface area (Å²) in [6.45, 7) is -0.224. The van der Waals surface area contributed by atoms with Gasteiger partial charge < -0.3 is 0 Å². The molecule has 1 aromatic carbocycles. The van der Waals surface area contributed by atoms with Crippen molar-refractivity contribution in [3.63, 3.8) is 0 Å². The molecule has 0 unspecified atom stereocenters. The van der Waals surface area contributed by atoms with Crippen LogP contribution >= 0.6 is 0 Å². The summed E-state index contributed by atoms with van der Waals surface area (Å²) in [5.74, 6) is -1.49. The average Bonchev–Trinajstić information content (AvgIpc) is 2.65. The smallest absolute Gasteiger partial charge is 0.275 e. The van der Waals surface area contributed by atoms with Gasteiger partial charge >= 0.3 is 6.03 Å². The SMILES string of the molecule is O=C(C=Cc1cccc(F)c1)NN1CC(=O)NC1=O. The lowest BCUT2D eigenvalue weighted by Crippen LogP contribution is -2.43. The summed E-state index contributed by atoms with van der Waals surface area (Å²) in [6.07, 6.45) is 2.54. The number of hydrogen-bond donors (Lipinski definition) is 2. The fraction of sp³-hybridized carbons (Fsp3) is 0.0833. The van der Waals surface area contributed by atoms with Crippen molar-refractivity contribution in [3.8, 4) is 0 Å². The maximum Gasteiger partial charge on any atom is 0.343 e. The van der Waals surface area contributed by atoms with Crippen LogP contribution < -0.4 is 10.7 Å². The number of benzene rings is 1. The molecular weight excluding hydrogens is 253 g/mol. The average molecular weight is 263 g/mol. The van der Waals surface area contributed by atoms with Crippen LogP contribution in [0.4, 0.5) is 9.18 Å². The maximum absolute atomic E-state index is 12.9. The van der Waals surface area contributed by atoms with E-state index in [2.05, 4.69) is 5.43 Å². The summed E-state index contributed by atoms with van der Waals surface area (Å²) in [5, 5.41) is 2.87. The predicted octanol–water partition coefficient (Wildman–Crippen LogP) is 0.422. The van der Waals surface area contributed by atoms with Crippen molar-refractivity contribution in [1.82, 2.24) is 15.8 Å². The highest BCUT2D eigenvalue weighted by atomic mass is 19.1. The van der Waals surface area contributed by atoms with Crippen molar-refractivity contribution < 1.29 is 18.8 Å². The largest absolute Gasteiger partial charge is 0.343 e. The molecule has 19 heavy (non-hydrogen) atoms. The lowest BCUT2D eigenvalue weighted by atomic mass is 10.2. The van der Waals surface area contributed by atoms with Crippen LogP contribution in [0, 0.1) is 5.82 Å². The van der Waals surface area contributed by atoms with Gasteiger partial charge in [-0.1, -0.05) is 12.1 Å². The zero-order chi connectivity index (χ0) is 13.8. The highest BCUT2D eigenvalue weighted by Crippen LogP contribution is 2.05. The molecule has 0 spiro atoms. The number of rotatable bonds is 3. The van der Waals surface area contributed by atoms with E-state index in [1.165, 1.54) is 24.3 Å². The Kier molecular flexibility index (Phi) is 3.56. The van der Waals surface area contributed by atoms with Gasteiger partial charge in [-0.2, -0.15) is 0 Å². The Morgan fingerprint density at radius 1 is 1.42 bits per heavy atom. The van der Waals surface area contributed by atoms with Gasteiger partial charge in [0, 0.05) is 6.08 Å².